The quantitative estimate of drug-likeness (QED) is 0.918. The fraction of sp³-hybridized carbons (Fsp3) is 0.533. The van der Waals surface area contributed by atoms with Gasteiger partial charge in [0.1, 0.15) is 5.75 Å². The van der Waals surface area contributed by atoms with E-state index in [1.165, 1.54) is 12.1 Å². The van der Waals surface area contributed by atoms with Crippen LogP contribution in [0.3, 0.4) is 0 Å². The molecular weight excluding hydrogens is 313 g/mol. The highest BCUT2D eigenvalue weighted by atomic mass is 19.4. The number of rotatable bonds is 4. The number of amides is 1. The van der Waals surface area contributed by atoms with Crippen LogP contribution >= 0.6 is 0 Å². The fourth-order valence-corrected chi connectivity index (χ4v) is 2.75. The zero-order valence-corrected chi connectivity index (χ0v) is 12.3. The molecule has 0 unspecified atom stereocenters. The first kappa shape index (κ1) is 16.1. The summed E-state index contributed by atoms with van der Waals surface area (Å²) in [5.41, 5.74) is 3.22. The molecule has 1 saturated heterocycles. The largest absolute Gasteiger partial charge is 0.573 e. The number of benzene rings is 1. The van der Waals surface area contributed by atoms with Crippen molar-refractivity contribution in [3.8, 4) is 5.75 Å². The van der Waals surface area contributed by atoms with Gasteiger partial charge >= 0.3 is 6.36 Å². The molecule has 126 valence electrons. The van der Waals surface area contributed by atoms with Crippen molar-refractivity contribution in [2.24, 2.45) is 5.92 Å². The van der Waals surface area contributed by atoms with Crippen LogP contribution in [0, 0.1) is 5.92 Å². The Bertz CT molecular complexity index is 573. The molecule has 5 nitrogen and oxygen atoms in total. The van der Waals surface area contributed by atoms with Gasteiger partial charge in [-0.3, -0.25) is 10.2 Å². The average Bonchev–Trinajstić information content (AvgIpc) is 3.28. The Morgan fingerprint density at radius 2 is 1.96 bits per heavy atom. The highest BCUT2D eigenvalue weighted by molar-refractivity contribution is 5.82. The Hall–Kier alpha value is -1.80. The summed E-state index contributed by atoms with van der Waals surface area (Å²) in [5, 5.41) is 1.78. The van der Waals surface area contributed by atoms with Gasteiger partial charge in [-0.1, -0.05) is 18.2 Å². The smallest absolute Gasteiger partial charge is 0.405 e. The van der Waals surface area contributed by atoms with E-state index in [1.54, 1.807) is 17.1 Å². The van der Waals surface area contributed by atoms with E-state index in [2.05, 4.69) is 10.2 Å². The van der Waals surface area contributed by atoms with Crippen molar-refractivity contribution in [2.75, 3.05) is 26.3 Å². The minimum Gasteiger partial charge on any atom is -0.405 e. The molecule has 2 fully saturated rings. The molecule has 2 aliphatic rings. The lowest BCUT2D eigenvalue weighted by Gasteiger charge is -2.27. The molecular formula is C15H17F3N2O3. The van der Waals surface area contributed by atoms with Crippen LogP contribution in [-0.2, 0) is 9.53 Å². The van der Waals surface area contributed by atoms with E-state index in [9.17, 15) is 18.0 Å². The van der Waals surface area contributed by atoms with Crippen LogP contribution in [0.4, 0.5) is 13.2 Å². The molecule has 1 aromatic carbocycles. The van der Waals surface area contributed by atoms with Crippen LogP contribution in [0.5, 0.6) is 5.75 Å². The summed E-state index contributed by atoms with van der Waals surface area (Å²) in [6.07, 6.45) is -4.22. The molecule has 23 heavy (non-hydrogen) atoms. The lowest BCUT2D eigenvalue weighted by atomic mass is 10.1. The van der Waals surface area contributed by atoms with Crippen molar-refractivity contribution in [3.05, 3.63) is 29.8 Å². The van der Waals surface area contributed by atoms with Gasteiger partial charge in [-0.25, -0.2) is 5.01 Å². The van der Waals surface area contributed by atoms with Crippen molar-refractivity contribution >= 4 is 5.91 Å². The van der Waals surface area contributed by atoms with Crippen LogP contribution in [0.1, 0.15) is 17.9 Å². The van der Waals surface area contributed by atoms with Crippen LogP contribution in [0.25, 0.3) is 0 Å². The molecule has 0 spiro atoms. The van der Waals surface area contributed by atoms with Crippen molar-refractivity contribution in [3.63, 3.8) is 0 Å². The molecule has 1 aromatic rings. The number of morpholine rings is 1. The molecule has 0 aromatic heterocycles. The zero-order valence-electron chi connectivity index (χ0n) is 12.3. The lowest BCUT2D eigenvalue weighted by Crippen LogP contribution is -2.49. The molecule has 1 N–H and O–H groups in total. The molecule has 1 saturated carbocycles. The molecule has 8 heteroatoms. The topological polar surface area (TPSA) is 50.8 Å². The van der Waals surface area contributed by atoms with E-state index in [4.69, 9.17) is 4.74 Å². The number of hydrazine groups is 1. The Morgan fingerprint density at radius 1 is 1.26 bits per heavy atom. The maximum absolute atomic E-state index is 12.4. The van der Waals surface area contributed by atoms with E-state index in [1.807, 2.05) is 0 Å². The fourth-order valence-electron chi connectivity index (χ4n) is 2.75. The summed E-state index contributed by atoms with van der Waals surface area (Å²) in [7, 11) is 0. The van der Waals surface area contributed by atoms with Crippen LogP contribution in [0.2, 0.25) is 0 Å². The van der Waals surface area contributed by atoms with E-state index in [0.717, 1.165) is 0 Å². The molecule has 1 aliphatic carbocycles. The van der Waals surface area contributed by atoms with E-state index < -0.39 is 6.36 Å². The lowest BCUT2D eigenvalue weighted by molar-refractivity contribution is -0.274. The molecule has 1 heterocycles. The number of nitrogens with one attached hydrogen (secondary N) is 1. The second-order valence-corrected chi connectivity index (χ2v) is 5.61. The van der Waals surface area contributed by atoms with Crippen molar-refractivity contribution in [2.45, 2.75) is 18.7 Å². The normalized spacial score (nSPS) is 25.0. The maximum atomic E-state index is 12.4. The van der Waals surface area contributed by atoms with Crippen LogP contribution in [0.15, 0.2) is 24.3 Å². The first-order chi connectivity index (χ1) is 10.9. The van der Waals surface area contributed by atoms with Crippen molar-refractivity contribution < 1.29 is 27.4 Å². The minimum absolute atomic E-state index is 0.168. The monoisotopic (exact) mass is 330 g/mol. The summed E-state index contributed by atoms with van der Waals surface area (Å²) in [5.74, 6) is -0.962. The number of alkyl halides is 3. The second kappa shape index (κ2) is 6.37. The highest BCUT2D eigenvalue weighted by Crippen LogP contribution is 2.51. The molecule has 1 aliphatic heterocycles. The van der Waals surface area contributed by atoms with E-state index >= 15 is 0 Å². The number of hydrogen-bond donors (Lipinski definition) is 1. The van der Waals surface area contributed by atoms with Gasteiger partial charge in [-0.2, -0.15) is 0 Å². The van der Waals surface area contributed by atoms with Crippen molar-refractivity contribution in [1.29, 1.82) is 0 Å². The number of carbonyl (C=O) groups excluding carboxylic acids is 1. The molecule has 1 amide bonds. The average molecular weight is 330 g/mol. The third-order valence-electron chi connectivity index (χ3n) is 3.95. The predicted octanol–water partition coefficient (Wildman–Crippen LogP) is 2.05. The van der Waals surface area contributed by atoms with Gasteiger partial charge in [0.15, 0.2) is 0 Å². The van der Waals surface area contributed by atoms with Gasteiger partial charge in [-0.05, 0) is 24.0 Å². The molecule has 0 radical (unpaired) electrons. The Balaban J connectivity index is 1.62. The third kappa shape index (κ3) is 4.14. The van der Waals surface area contributed by atoms with Crippen LogP contribution in [-0.4, -0.2) is 43.6 Å². The van der Waals surface area contributed by atoms with Gasteiger partial charge in [0, 0.05) is 19.0 Å². The Labute approximate surface area is 131 Å². The van der Waals surface area contributed by atoms with E-state index in [0.29, 0.717) is 38.3 Å². The first-order valence-electron chi connectivity index (χ1n) is 7.42. The molecule has 3 rings (SSSR count). The summed E-state index contributed by atoms with van der Waals surface area (Å²) in [4.78, 5) is 12.2. The standard InChI is InChI=1S/C15H17F3N2O3/c16-15(17,18)23-13-4-2-1-3-10(13)11-9-12(11)14(21)19-20-5-7-22-8-6-20/h1-4,11-12H,5-9H2,(H,19,21)/t11-,12+/m0/s1. The maximum Gasteiger partial charge on any atom is 0.573 e. The summed E-state index contributed by atoms with van der Waals surface area (Å²) < 4.78 is 46.6. The van der Waals surface area contributed by atoms with E-state index in [-0.39, 0.29) is 23.5 Å². The predicted molar refractivity (Wildman–Crippen MR) is 74.5 cm³/mol. The number of nitrogens with zero attached hydrogens (tertiary/aromatic N) is 1. The summed E-state index contributed by atoms with van der Waals surface area (Å²) in [6, 6.07) is 5.98. The first-order valence-corrected chi connectivity index (χ1v) is 7.42. The third-order valence-corrected chi connectivity index (χ3v) is 3.95. The number of para-hydroxylation sites is 1. The second-order valence-electron chi connectivity index (χ2n) is 5.61. The number of ether oxygens (including phenoxy) is 2. The number of hydrogen-bond acceptors (Lipinski definition) is 4. The van der Waals surface area contributed by atoms with Gasteiger partial charge < -0.3 is 9.47 Å². The number of halogens is 3. The minimum atomic E-state index is -4.74. The molecule has 2 atom stereocenters. The number of carbonyl (C=O) groups is 1. The zero-order chi connectivity index (χ0) is 16.4. The Morgan fingerprint density at radius 3 is 2.65 bits per heavy atom. The van der Waals surface area contributed by atoms with Crippen molar-refractivity contribution in [1.82, 2.24) is 10.4 Å². The SMILES string of the molecule is O=C(NN1CCOCC1)[C@@H]1C[C@H]1c1ccccc1OC(F)(F)F. The van der Waals surface area contributed by atoms with Crippen LogP contribution < -0.4 is 10.2 Å². The van der Waals surface area contributed by atoms with Gasteiger partial charge in [0.05, 0.1) is 13.2 Å². The summed E-state index contributed by atoms with van der Waals surface area (Å²) in [6.45, 7) is 2.32. The van der Waals surface area contributed by atoms with Gasteiger partial charge in [0.2, 0.25) is 5.91 Å². The van der Waals surface area contributed by atoms with Gasteiger partial charge in [-0.15, -0.1) is 13.2 Å². The molecule has 0 bridgehead atoms. The van der Waals surface area contributed by atoms with Gasteiger partial charge in [0.25, 0.3) is 0 Å². The Kier molecular flexibility index (Phi) is 4.45. The summed E-state index contributed by atoms with van der Waals surface area (Å²) >= 11 is 0. The highest BCUT2D eigenvalue weighted by Gasteiger charge is 2.46.